The molecule has 1 aromatic carbocycles. The Kier molecular flexibility index (Phi) is 4.11. The van der Waals surface area contributed by atoms with Crippen LogP contribution in [-0.4, -0.2) is 0 Å². The molecule has 0 fully saturated rings. The lowest BCUT2D eigenvalue weighted by atomic mass is 10.1. The third-order valence-electron chi connectivity index (χ3n) is 2.25. The van der Waals surface area contributed by atoms with Crippen molar-refractivity contribution >= 4 is 46.1 Å². The van der Waals surface area contributed by atoms with Crippen molar-refractivity contribution in [3.05, 3.63) is 55.5 Å². The molecule has 0 aliphatic carbocycles. The topological polar surface area (TPSA) is 0 Å². The maximum atomic E-state index is 13.5. The molecule has 1 atom stereocenters. The second kappa shape index (κ2) is 5.29. The maximum Gasteiger partial charge on any atom is 0.134 e. The van der Waals surface area contributed by atoms with Crippen LogP contribution in [0.25, 0.3) is 0 Å². The van der Waals surface area contributed by atoms with E-state index in [1.54, 1.807) is 0 Å². The summed E-state index contributed by atoms with van der Waals surface area (Å²) in [5.74, 6) is -3.14. The number of rotatable bonds is 2. The minimum Gasteiger partial charge on any atom is -0.207 e. The number of thiophene rings is 1. The van der Waals surface area contributed by atoms with Gasteiger partial charge in [-0.1, -0.05) is 23.2 Å². The van der Waals surface area contributed by atoms with Crippen molar-refractivity contribution in [2.45, 2.75) is 5.38 Å². The molecule has 0 saturated carbocycles. The summed E-state index contributed by atoms with van der Waals surface area (Å²) in [4.78, 5) is 0. The van der Waals surface area contributed by atoms with Gasteiger partial charge in [-0.05, 0) is 6.07 Å². The second-order valence-electron chi connectivity index (χ2n) is 3.43. The van der Waals surface area contributed by atoms with Gasteiger partial charge >= 0.3 is 0 Å². The van der Waals surface area contributed by atoms with Crippen LogP contribution in [0.5, 0.6) is 0 Å². The molecule has 0 N–H and O–H groups in total. The molecule has 1 aromatic heterocycles. The van der Waals surface area contributed by atoms with Gasteiger partial charge in [-0.3, -0.25) is 0 Å². The summed E-state index contributed by atoms with van der Waals surface area (Å²) in [6.45, 7) is 0. The van der Waals surface area contributed by atoms with Crippen molar-refractivity contribution < 1.29 is 13.2 Å². The molecule has 1 unspecified atom stereocenters. The highest BCUT2D eigenvalue weighted by molar-refractivity contribution is 7.20. The van der Waals surface area contributed by atoms with E-state index in [-0.39, 0.29) is 9.90 Å². The molecule has 2 aromatic rings. The van der Waals surface area contributed by atoms with E-state index in [9.17, 15) is 13.2 Å². The summed E-state index contributed by atoms with van der Waals surface area (Å²) in [7, 11) is 0. The van der Waals surface area contributed by atoms with Gasteiger partial charge in [-0.25, -0.2) is 13.2 Å². The van der Waals surface area contributed by atoms with Gasteiger partial charge in [0.2, 0.25) is 0 Å². The highest BCUT2D eigenvalue weighted by Gasteiger charge is 2.24. The summed E-state index contributed by atoms with van der Waals surface area (Å²) < 4.78 is 40.5. The largest absolute Gasteiger partial charge is 0.207 e. The van der Waals surface area contributed by atoms with Crippen LogP contribution in [0.4, 0.5) is 13.2 Å². The molecule has 0 saturated heterocycles. The number of hydrogen-bond acceptors (Lipinski definition) is 1. The van der Waals surface area contributed by atoms with Crippen LogP contribution in [0.1, 0.15) is 16.5 Å². The number of alkyl halides is 1. The van der Waals surface area contributed by atoms with Gasteiger partial charge in [0.25, 0.3) is 0 Å². The molecular weight excluding hydrogens is 328 g/mol. The lowest BCUT2D eigenvalue weighted by Gasteiger charge is -2.11. The zero-order chi connectivity index (χ0) is 13.4. The molecule has 0 aliphatic heterocycles. The standard InChI is InChI=1S/C11H4Cl3F3S/c12-8-3-5(11(14)18-8)10(13)9-6(16)1-4(15)2-7(9)17/h1-3,10H. The van der Waals surface area contributed by atoms with Crippen LogP contribution in [-0.2, 0) is 0 Å². The van der Waals surface area contributed by atoms with Gasteiger partial charge in [0, 0.05) is 23.3 Å². The Balaban J connectivity index is 2.52. The van der Waals surface area contributed by atoms with Gasteiger partial charge in [0.05, 0.1) is 14.0 Å². The Morgan fingerprint density at radius 3 is 2.00 bits per heavy atom. The predicted molar refractivity (Wildman–Crippen MR) is 68.4 cm³/mol. The fraction of sp³-hybridized carbons (Fsp3) is 0.0909. The molecule has 0 aliphatic rings. The van der Waals surface area contributed by atoms with Crippen LogP contribution in [0.3, 0.4) is 0 Å². The first-order chi connectivity index (χ1) is 8.40. The van der Waals surface area contributed by atoms with Crippen molar-refractivity contribution in [2.75, 3.05) is 0 Å². The molecular formula is C11H4Cl3F3S. The average molecular weight is 332 g/mol. The highest BCUT2D eigenvalue weighted by Crippen LogP contribution is 2.42. The smallest absolute Gasteiger partial charge is 0.134 e. The minimum absolute atomic E-state index is 0.239. The van der Waals surface area contributed by atoms with Crippen LogP contribution in [0.15, 0.2) is 18.2 Å². The summed E-state index contributed by atoms with van der Waals surface area (Å²) in [6.07, 6.45) is 0. The fourth-order valence-electron chi connectivity index (χ4n) is 1.48. The fourth-order valence-corrected chi connectivity index (χ4v) is 3.51. The Hall–Kier alpha value is -0.420. The zero-order valence-electron chi connectivity index (χ0n) is 8.49. The van der Waals surface area contributed by atoms with E-state index in [0.717, 1.165) is 11.3 Å². The Morgan fingerprint density at radius 2 is 1.56 bits per heavy atom. The van der Waals surface area contributed by atoms with E-state index in [4.69, 9.17) is 34.8 Å². The first-order valence-electron chi connectivity index (χ1n) is 4.63. The molecule has 1 heterocycles. The number of halogens is 6. The van der Waals surface area contributed by atoms with E-state index in [1.165, 1.54) is 6.07 Å². The van der Waals surface area contributed by atoms with E-state index in [0.29, 0.717) is 16.5 Å². The first kappa shape index (κ1) is 14.0. The summed E-state index contributed by atoms with van der Waals surface area (Å²) in [6, 6.07) is 2.56. The molecule has 0 radical (unpaired) electrons. The monoisotopic (exact) mass is 330 g/mol. The summed E-state index contributed by atoms with van der Waals surface area (Å²) in [5.41, 5.74) is -0.160. The van der Waals surface area contributed by atoms with Crippen LogP contribution < -0.4 is 0 Å². The van der Waals surface area contributed by atoms with E-state index in [2.05, 4.69) is 0 Å². The molecule has 0 nitrogen and oxygen atoms in total. The lowest BCUT2D eigenvalue weighted by Crippen LogP contribution is -2.01. The predicted octanol–water partition coefficient (Wildman–Crippen LogP) is 5.80. The molecule has 2 rings (SSSR count). The van der Waals surface area contributed by atoms with Gasteiger partial charge in [-0.2, -0.15) is 0 Å². The number of benzene rings is 1. The SMILES string of the molecule is Fc1cc(F)c(C(Cl)c2cc(Cl)sc2Cl)c(F)c1. The third kappa shape index (κ3) is 2.62. The van der Waals surface area contributed by atoms with Crippen LogP contribution in [0.2, 0.25) is 8.67 Å². The molecule has 0 amide bonds. The first-order valence-corrected chi connectivity index (χ1v) is 6.64. The average Bonchev–Trinajstić information content (AvgIpc) is 2.56. The highest BCUT2D eigenvalue weighted by atomic mass is 35.5. The van der Waals surface area contributed by atoms with Crippen molar-refractivity contribution in [3.8, 4) is 0 Å². The molecule has 7 heteroatoms. The van der Waals surface area contributed by atoms with Gasteiger partial charge in [0.1, 0.15) is 17.5 Å². The second-order valence-corrected chi connectivity index (χ2v) is 6.15. The quantitative estimate of drug-likeness (QED) is 0.610. The summed E-state index contributed by atoms with van der Waals surface area (Å²) >= 11 is 18.6. The van der Waals surface area contributed by atoms with E-state index in [1.807, 2.05) is 0 Å². The van der Waals surface area contributed by atoms with Gasteiger partial charge < -0.3 is 0 Å². The maximum absolute atomic E-state index is 13.5. The van der Waals surface area contributed by atoms with Gasteiger partial charge in [0.15, 0.2) is 0 Å². The van der Waals surface area contributed by atoms with Crippen molar-refractivity contribution in [2.24, 2.45) is 0 Å². The van der Waals surface area contributed by atoms with E-state index < -0.39 is 28.4 Å². The Bertz CT molecular complexity index is 574. The van der Waals surface area contributed by atoms with Crippen molar-refractivity contribution in [3.63, 3.8) is 0 Å². The van der Waals surface area contributed by atoms with Crippen molar-refractivity contribution in [1.29, 1.82) is 0 Å². The molecule has 0 spiro atoms. The minimum atomic E-state index is -1.16. The van der Waals surface area contributed by atoms with Crippen LogP contribution in [0, 0.1) is 17.5 Å². The van der Waals surface area contributed by atoms with Crippen molar-refractivity contribution in [1.82, 2.24) is 0 Å². The third-order valence-corrected chi connectivity index (χ3v) is 4.22. The molecule has 96 valence electrons. The van der Waals surface area contributed by atoms with Crippen LogP contribution >= 0.6 is 46.1 Å². The lowest BCUT2D eigenvalue weighted by molar-refractivity contribution is 0.526. The normalized spacial score (nSPS) is 12.8. The molecule has 0 bridgehead atoms. The summed E-state index contributed by atoms with van der Waals surface area (Å²) in [5, 5.41) is -1.16. The zero-order valence-corrected chi connectivity index (χ0v) is 11.6. The Morgan fingerprint density at radius 1 is 1.00 bits per heavy atom. The van der Waals surface area contributed by atoms with E-state index >= 15 is 0 Å². The molecule has 18 heavy (non-hydrogen) atoms. The number of hydrogen-bond donors (Lipinski definition) is 0. The Labute approximate surface area is 120 Å². The van der Waals surface area contributed by atoms with Gasteiger partial charge in [-0.15, -0.1) is 22.9 Å².